The maximum Gasteiger partial charge on any atom is 0.273 e. The number of nitro groups is 1. The molecule has 0 saturated carbocycles. The second-order valence-corrected chi connectivity index (χ2v) is 5.98. The Balaban J connectivity index is 2.23. The molecule has 0 aliphatic heterocycles. The van der Waals surface area contributed by atoms with Gasteiger partial charge in [0.1, 0.15) is 0 Å². The van der Waals surface area contributed by atoms with Crippen molar-refractivity contribution in [3.05, 3.63) is 74.8 Å². The molecule has 1 unspecified atom stereocenters. The average Bonchev–Trinajstić information content (AvgIpc) is 2.59. The van der Waals surface area contributed by atoms with Gasteiger partial charge in [0, 0.05) is 23.7 Å². The number of hydrogen-bond donors (Lipinski definition) is 1. The molecule has 0 aliphatic carbocycles. The Kier molecular flexibility index (Phi) is 5.88. The van der Waals surface area contributed by atoms with Gasteiger partial charge >= 0.3 is 0 Å². The van der Waals surface area contributed by atoms with E-state index in [9.17, 15) is 20.0 Å². The summed E-state index contributed by atoms with van der Waals surface area (Å²) in [6.07, 6.45) is -0.816. The average molecular weight is 342 g/mol. The van der Waals surface area contributed by atoms with Crippen LogP contribution in [0.25, 0.3) is 0 Å². The summed E-state index contributed by atoms with van der Waals surface area (Å²) in [7, 11) is 0. The van der Waals surface area contributed by atoms with Crippen molar-refractivity contribution in [2.45, 2.75) is 26.9 Å². The second-order valence-electron chi connectivity index (χ2n) is 5.98. The van der Waals surface area contributed by atoms with Crippen LogP contribution < -0.4 is 0 Å². The molecule has 0 aromatic heterocycles. The molecule has 1 atom stereocenters. The predicted molar refractivity (Wildman–Crippen MR) is 95.5 cm³/mol. The maximum absolute atomic E-state index is 12.8. The number of aryl methyl sites for hydroxylation is 1. The van der Waals surface area contributed by atoms with E-state index in [0.29, 0.717) is 12.1 Å². The normalized spacial score (nSPS) is 11.8. The van der Waals surface area contributed by atoms with E-state index in [1.165, 1.54) is 17.0 Å². The van der Waals surface area contributed by atoms with Gasteiger partial charge in [-0.25, -0.2) is 0 Å². The van der Waals surface area contributed by atoms with Crippen molar-refractivity contribution in [3.8, 4) is 0 Å². The molecular weight excluding hydrogens is 320 g/mol. The van der Waals surface area contributed by atoms with E-state index in [0.717, 1.165) is 11.1 Å². The van der Waals surface area contributed by atoms with Gasteiger partial charge in [0.2, 0.25) is 0 Å². The van der Waals surface area contributed by atoms with Gasteiger partial charge in [0.05, 0.1) is 17.6 Å². The van der Waals surface area contributed by atoms with Crippen molar-refractivity contribution in [1.29, 1.82) is 0 Å². The highest BCUT2D eigenvalue weighted by atomic mass is 16.6. The number of hydrogen-bond acceptors (Lipinski definition) is 4. The number of nitrogens with zero attached hydrogens (tertiary/aromatic N) is 2. The number of likely N-dealkylation sites (N-methyl/N-ethyl adjacent to an activating group) is 1. The number of nitro benzene ring substituents is 1. The van der Waals surface area contributed by atoms with Crippen molar-refractivity contribution in [2.24, 2.45) is 0 Å². The van der Waals surface area contributed by atoms with Crippen LogP contribution in [0.15, 0.2) is 42.5 Å². The molecule has 0 bridgehead atoms. The lowest BCUT2D eigenvalue weighted by Crippen LogP contribution is -2.35. The number of aliphatic hydroxyl groups excluding tert-OH is 1. The fraction of sp³-hybridized carbons (Fsp3) is 0.316. The number of carbonyl (C=O) groups is 1. The Hall–Kier alpha value is -2.73. The van der Waals surface area contributed by atoms with Crippen LogP contribution in [-0.2, 0) is 0 Å². The van der Waals surface area contributed by atoms with Crippen LogP contribution in [0.1, 0.15) is 40.1 Å². The molecule has 0 spiro atoms. The molecule has 1 amide bonds. The molecule has 0 fully saturated rings. The van der Waals surface area contributed by atoms with Crippen LogP contribution in [0.5, 0.6) is 0 Å². The fourth-order valence-electron chi connectivity index (χ4n) is 2.68. The molecule has 25 heavy (non-hydrogen) atoms. The minimum Gasteiger partial charge on any atom is -0.387 e. The summed E-state index contributed by atoms with van der Waals surface area (Å²) in [6, 6.07) is 11.9. The van der Waals surface area contributed by atoms with E-state index in [1.807, 2.05) is 38.1 Å². The van der Waals surface area contributed by atoms with Crippen LogP contribution in [0.4, 0.5) is 5.69 Å². The van der Waals surface area contributed by atoms with Crippen molar-refractivity contribution in [1.82, 2.24) is 4.90 Å². The first-order valence-electron chi connectivity index (χ1n) is 8.13. The maximum atomic E-state index is 12.8. The van der Waals surface area contributed by atoms with Crippen LogP contribution in [-0.4, -0.2) is 33.9 Å². The number of benzene rings is 2. The third-order valence-electron chi connectivity index (χ3n) is 4.26. The Bertz CT molecular complexity index is 771. The molecule has 2 aromatic rings. The third kappa shape index (κ3) is 4.22. The van der Waals surface area contributed by atoms with Gasteiger partial charge in [0.25, 0.3) is 11.6 Å². The van der Waals surface area contributed by atoms with Gasteiger partial charge in [-0.05, 0) is 32.4 Å². The van der Waals surface area contributed by atoms with E-state index in [2.05, 4.69) is 0 Å². The fourth-order valence-corrected chi connectivity index (χ4v) is 2.68. The Labute approximate surface area is 146 Å². The number of carbonyl (C=O) groups excluding carboxylic acids is 1. The van der Waals surface area contributed by atoms with Crippen LogP contribution in [0.2, 0.25) is 0 Å². The largest absolute Gasteiger partial charge is 0.387 e. The lowest BCUT2D eigenvalue weighted by atomic mass is 10.0. The van der Waals surface area contributed by atoms with E-state index in [-0.39, 0.29) is 23.7 Å². The SMILES string of the molecule is CCN(CC(O)c1ccc(C)cc1)C(=O)c1cccc([N+](=O)[O-])c1C. The third-order valence-corrected chi connectivity index (χ3v) is 4.26. The Morgan fingerprint density at radius 1 is 1.20 bits per heavy atom. The predicted octanol–water partition coefficient (Wildman–Crippen LogP) is 3.41. The number of amides is 1. The summed E-state index contributed by atoms with van der Waals surface area (Å²) in [5, 5.41) is 21.5. The summed E-state index contributed by atoms with van der Waals surface area (Å²) >= 11 is 0. The van der Waals surface area contributed by atoms with Gasteiger partial charge in [-0.1, -0.05) is 35.9 Å². The number of rotatable bonds is 6. The molecule has 2 rings (SSSR count). The zero-order valence-electron chi connectivity index (χ0n) is 14.6. The van der Waals surface area contributed by atoms with Gasteiger partial charge < -0.3 is 10.0 Å². The van der Waals surface area contributed by atoms with Crippen LogP contribution in [0, 0.1) is 24.0 Å². The van der Waals surface area contributed by atoms with E-state index in [1.54, 1.807) is 13.0 Å². The molecule has 0 saturated heterocycles. The van der Waals surface area contributed by atoms with Gasteiger partial charge in [0.15, 0.2) is 0 Å². The highest BCUT2D eigenvalue weighted by molar-refractivity contribution is 5.96. The summed E-state index contributed by atoms with van der Waals surface area (Å²) in [4.78, 5) is 24.9. The second kappa shape index (κ2) is 7.90. The zero-order valence-corrected chi connectivity index (χ0v) is 14.6. The van der Waals surface area contributed by atoms with Gasteiger partial charge in [-0.15, -0.1) is 0 Å². The summed E-state index contributed by atoms with van der Waals surface area (Å²) < 4.78 is 0. The van der Waals surface area contributed by atoms with Crippen LogP contribution >= 0.6 is 0 Å². The quantitative estimate of drug-likeness (QED) is 0.644. The van der Waals surface area contributed by atoms with Crippen LogP contribution in [0.3, 0.4) is 0 Å². The molecule has 6 heteroatoms. The minimum atomic E-state index is -0.816. The highest BCUT2D eigenvalue weighted by Crippen LogP contribution is 2.23. The first-order chi connectivity index (χ1) is 11.8. The zero-order chi connectivity index (χ0) is 18.6. The first-order valence-corrected chi connectivity index (χ1v) is 8.13. The standard InChI is InChI=1S/C19H22N2O4/c1-4-20(12-18(22)15-10-8-13(2)9-11-15)19(23)16-6-5-7-17(14(16)3)21(24)25/h5-11,18,22H,4,12H2,1-3H3. The molecule has 0 heterocycles. The van der Waals surface area contributed by atoms with Gasteiger partial charge in [-0.3, -0.25) is 14.9 Å². The Morgan fingerprint density at radius 2 is 1.84 bits per heavy atom. The lowest BCUT2D eigenvalue weighted by Gasteiger charge is -2.25. The van der Waals surface area contributed by atoms with Crippen molar-refractivity contribution in [2.75, 3.05) is 13.1 Å². The molecule has 1 N–H and O–H groups in total. The molecule has 0 radical (unpaired) electrons. The lowest BCUT2D eigenvalue weighted by molar-refractivity contribution is -0.385. The molecular formula is C19H22N2O4. The van der Waals surface area contributed by atoms with E-state index >= 15 is 0 Å². The topological polar surface area (TPSA) is 83.7 Å². The smallest absolute Gasteiger partial charge is 0.273 e. The molecule has 2 aromatic carbocycles. The monoisotopic (exact) mass is 342 g/mol. The first kappa shape index (κ1) is 18.6. The van der Waals surface area contributed by atoms with Crippen molar-refractivity contribution >= 4 is 11.6 Å². The minimum absolute atomic E-state index is 0.0824. The van der Waals surface area contributed by atoms with Crippen molar-refractivity contribution < 1.29 is 14.8 Å². The highest BCUT2D eigenvalue weighted by Gasteiger charge is 2.23. The molecule has 132 valence electrons. The molecule has 6 nitrogen and oxygen atoms in total. The summed E-state index contributed by atoms with van der Waals surface area (Å²) in [5.41, 5.74) is 2.35. The van der Waals surface area contributed by atoms with E-state index < -0.39 is 11.0 Å². The van der Waals surface area contributed by atoms with Gasteiger partial charge in [-0.2, -0.15) is 0 Å². The van der Waals surface area contributed by atoms with Crippen molar-refractivity contribution in [3.63, 3.8) is 0 Å². The van der Waals surface area contributed by atoms with E-state index in [4.69, 9.17) is 0 Å². The number of aliphatic hydroxyl groups is 1. The summed E-state index contributed by atoms with van der Waals surface area (Å²) in [5.74, 6) is -0.324. The molecule has 0 aliphatic rings. The Morgan fingerprint density at radius 3 is 2.40 bits per heavy atom. The summed E-state index contributed by atoms with van der Waals surface area (Å²) in [6.45, 7) is 5.86.